The molecular formula is C20H21N5O3S. The van der Waals surface area contributed by atoms with Crippen molar-refractivity contribution in [3.63, 3.8) is 0 Å². The minimum atomic E-state index is -0.188. The Balaban J connectivity index is 1.19. The maximum absolute atomic E-state index is 11.8. The molecule has 1 aliphatic rings. The SMILES string of the molecule is O=c1[nH]nc(NCCCNC(=S)NCc2ccc3c(c2)OCO3)c2ccccc12. The van der Waals surface area contributed by atoms with Crippen LogP contribution in [0.4, 0.5) is 5.82 Å². The second-order valence-electron chi connectivity index (χ2n) is 6.52. The van der Waals surface area contributed by atoms with Crippen LogP contribution < -0.4 is 31.0 Å². The number of nitrogens with zero attached hydrogens (tertiary/aromatic N) is 1. The van der Waals surface area contributed by atoms with Crippen molar-refractivity contribution in [2.45, 2.75) is 13.0 Å². The summed E-state index contributed by atoms with van der Waals surface area (Å²) < 4.78 is 10.7. The van der Waals surface area contributed by atoms with E-state index < -0.39 is 0 Å². The first-order chi connectivity index (χ1) is 14.2. The van der Waals surface area contributed by atoms with Crippen LogP contribution in [0.1, 0.15) is 12.0 Å². The maximum atomic E-state index is 11.8. The Hall–Kier alpha value is -3.33. The van der Waals surface area contributed by atoms with Gasteiger partial charge in [-0.1, -0.05) is 24.3 Å². The van der Waals surface area contributed by atoms with Crippen molar-refractivity contribution >= 4 is 33.9 Å². The van der Waals surface area contributed by atoms with Gasteiger partial charge in [0.2, 0.25) is 6.79 Å². The van der Waals surface area contributed by atoms with E-state index in [1.54, 1.807) is 6.07 Å². The molecule has 4 N–H and O–H groups in total. The van der Waals surface area contributed by atoms with Crippen LogP contribution in [0.5, 0.6) is 11.5 Å². The summed E-state index contributed by atoms with van der Waals surface area (Å²) in [4.78, 5) is 11.8. The smallest absolute Gasteiger partial charge is 0.272 e. The van der Waals surface area contributed by atoms with Gasteiger partial charge in [-0.25, -0.2) is 5.10 Å². The zero-order chi connectivity index (χ0) is 20.1. The van der Waals surface area contributed by atoms with Crippen LogP contribution in [-0.4, -0.2) is 35.2 Å². The molecule has 0 spiro atoms. The van der Waals surface area contributed by atoms with Crippen molar-refractivity contribution in [3.8, 4) is 11.5 Å². The van der Waals surface area contributed by atoms with E-state index in [9.17, 15) is 4.79 Å². The first kappa shape index (κ1) is 19.0. The Morgan fingerprint density at radius 2 is 1.90 bits per heavy atom. The summed E-state index contributed by atoms with van der Waals surface area (Å²) in [6.45, 7) is 2.28. The van der Waals surface area contributed by atoms with Crippen molar-refractivity contribution in [2.24, 2.45) is 0 Å². The maximum Gasteiger partial charge on any atom is 0.272 e. The summed E-state index contributed by atoms with van der Waals surface area (Å²) in [5.41, 5.74) is 0.878. The molecule has 4 rings (SSSR count). The van der Waals surface area contributed by atoms with Gasteiger partial charge in [-0.2, -0.15) is 5.10 Å². The summed E-state index contributed by atoms with van der Waals surface area (Å²) in [5, 5.41) is 18.3. The minimum absolute atomic E-state index is 0.188. The molecule has 0 saturated carbocycles. The number of rotatable bonds is 7. The molecule has 9 heteroatoms. The van der Waals surface area contributed by atoms with Crippen LogP contribution in [0.3, 0.4) is 0 Å². The number of H-pyrrole nitrogens is 1. The molecule has 2 heterocycles. The van der Waals surface area contributed by atoms with E-state index in [0.717, 1.165) is 28.9 Å². The number of aromatic amines is 1. The molecule has 29 heavy (non-hydrogen) atoms. The van der Waals surface area contributed by atoms with Crippen molar-refractivity contribution in [2.75, 3.05) is 25.2 Å². The van der Waals surface area contributed by atoms with Crippen molar-refractivity contribution in [3.05, 3.63) is 58.4 Å². The zero-order valence-electron chi connectivity index (χ0n) is 15.7. The Morgan fingerprint density at radius 3 is 2.79 bits per heavy atom. The van der Waals surface area contributed by atoms with Gasteiger partial charge >= 0.3 is 0 Å². The number of hydrogen-bond acceptors (Lipinski definition) is 6. The third kappa shape index (κ3) is 4.57. The fraction of sp³-hybridized carbons (Fsp3) is 0.250. The van der Waals surface area contributed by atoms with Crippen LogP contribution in [0.25, 0.3) is 10.8 Å². The number of fused-ring (bicyclic) bond motifs is 2. The first-order valence-electron chi connectivity index (χ1n) is 9.32. The molecule has 1 aliphatic heterocycles. The van der Waals surface area contributed by atoms with E-state index in [1.807, 2.05) is 36.4 Å². The quantitative estimate of drug-likeness (QED) is 0.347. The Kier molecular flexibility index (Phi) is 5.76. The van der Waals surface area contributed by atoms with Gasteiger partial charge in [0.05, 0.1) is 5.39 Å². The molecule has 0 amide bonds. The van der Waals surface area contributed by atoms with Gasteiger partial charge in [-0.15, -0.1) is 0 Å². The lowest BCUT2D eigenvalue weighted by Gasteiger charge is -2.12. The third-order valence-electron chi connectivity index (χ3n) is 4.52. The molecule has 1 aromatic heterocycles. The summed E-state index contributed by atoms with van der Waals surface area (Å²) in [6.07, 6.45) is 0.834. The minimum Gasteiger partial charge on any atom is -0.454 e. The molecule has 0 aliphatic carbocycles. The summed E-state index contributed by atoms with van der Waals surface area (Å²) in [5.74, 6) is 2.20. The molecule has 0 saturated heterocycles. The number of hydrogen-bond donors (Lipinski definition) is 4. The normalized spacial score (nSPS) is 12.0. The molecule has 0 unspecified atom stereocenters. The zero-order valence-corrected chi connectivity index (χ0v) is 16.5. The summed E-state index contributed by atoms with van der Waals surface area (Å²) in [6, 6.07) is 13.2. The van der Waals surface area contributed by atoms with Crippen LogP contribution >= 0.6 is 12.2 Å². The molecule has 0 bridgehead atoms. The molecule has 3 aromatic rings. The fourth-order valence-electron chi connectivity index (χ4n) is 3.04. The third-order valence-corrected chi connectivity index (χ3v) is 4.81. The topological polar surface area (TPSA) is 100 Å². The molecule has 0 fully saturated rings. The van der Waals surface area contributed by atoms with Gasteiger partial charge in [-0.3, -0.25) is 4.79 Å². The first-order valence-corrected chi connectivity index (χ1v) is 9.73. The average molecular weight is 411 g/mol. The lowest BCUT2D eigenvalue weighted by atomic mass is 10.2. The fourth-order valence-corrected chi connectivity index (χ4v) is 3.22. The Labute approximate surface area is 172 Å². The van der Waals surface area contributed by atoms with Crippen LogP contribution in [0.15, 0.2) is 47.3 Å². The summed E-state index contributed by atoms with van der Waals surface area (Å²) in [7, 11) is 0. The van der Waals surface area contributed by atoms with Gasteiger partial charge in [0.1, 0.15) is 0 Å². The highest BCUT2D eigenvalue weighted by atomic mass is 32.1. The van der Waals surface area contributed by atoms with Gasteiger partial charge in [0.25, 0.3) is 5.56 Å². The Morgan fingerprint density at radius 1 is 1.07 bits per heavy atom. The molecule has 8 nitrogen and oxygen atoms in total. The highest BCUT2D eigenvalue weighted by Gasteiger charge is 2.13. The Bertz CT molecular complexity index is 1090. The number of ether oxygens (including phenoxy) is 2. The van der Waals surface area contributed by atoms with E-state index in [2.05, 4.69) is 26.1 Å². The molecule has 2 aromatic carbocycles. The van der Waals surface area contributed by atoms with Crippen molar-refractivity contribution in [1.29, 1.82) is 0 Å². The van der Waals surface area contributed by atoms with Crippen molar-refractivity contribution in [1.82, 2.24) is 20.8 Å². The number of aromatic nitrogens is 2. The lowest BCUT2D eigenvalue weighted by Crippen LogP contribution is -2.35. The van der Waals surface area contributed by atoms with Gasteiger partial charge in [0, 0.05) is 25.0 Å². The standard InChI is InChI=1S/C20H21N5O3S/c26-19-15-5-2-1-4-14(15)18(24-25-19)21-8-3-9-22-20(29)23-11-13-6-7-16-17(10-13)28-12-27-16/h1-2,4-7,10H,3,8-9,11-12H2,(H,21,24)(H,25,26)(H2,22,23,29). The number of nitrogens with one attached hydrogen (secondary N) is 4. The van der Waals surface area contributed by atoms with E-state index in [4.69, 9.17) is 21.7 Å². The second-order valence-corrected chi connectivity index (χ2v) is 6.93. The highest BCUT2D eigenvalue weighted by molar-refractivity contribution is 7.80. The average Bonchev–Trinajstić information content (AvgIpc) is 3.21. The lowest BCUT2D eigenvalue weighted by molar-refractivity contribution is 0.174. The predicted octanol–water partition coefficient (Wildman–Crippen LogP) is 2.12. The van der Waals surface area contributed by atoms with E-state index in [1.165, 1.54) is 0 Å². The second kappa shape index (κ2) is 8.78. The van der Waals surface area contributed by atoms with Crippen molar-refractivity contribution < 1.29 is 9.47 Å². The van der Waals surface area contributed by atoms with Crippen LogP contribution in [-0.2, 0) is 6.54 Å². The monoisotopic (exact) mass is 411 g/mol. The van der Waals surface area contributed by atoms with E-state index in [0.29, 0.717) is 36.0 Å². The number of thiocarbonyl (C=S) groups is 1. The van der Waals surface area contributed by atoms with Gasteiger partial charge in [0.15, 0.2) is 22.4 Å². The number of anilines is 1. The molecule has 150 valence electrons. The molecule has 0 radical (unpaired) electrons. The van der Waals surface area contributed by atoms with E-state index >= 15 is 0 Å². The predicted molar refractivity (Wildman–Crippen MR) is 115 cm³/mol. The number of benzene rings is 2. The summed E-state index contributed by atoms with van der Waals surface area (Å²) >= 11 is 5.32. The van der Waals surface area contributed by atoms with Gasteiger partial charge in [-0.05, 0) is 42.4 Å². The van der Waals surface area contributed by atoms with Crippen LogP contribution in [0.2, 0.25) is 0 Å². The largest absolute Gasteiger partial charge is 0.454 e. The highest BCUT2D eigenvalue weighted by Crippen LogP contribution is 2.32. The van der Waals surface area contributed by atoms with Crippen LogP contribution in [0, 0.1) is 0 Å². The molecular weight excluding hydrogens is 390 g/mol. The van der Waals surface area contributed by atoms with E-state index in [-0.39, 0.29) is 12.4 Å². The molecule has 0 atom stereocenters. The van der Waals surface area contributed by atoms with Gasteiger partial charge < -0.3 is 25.4 Å².